The van der Waals surface area contributed by atoms with Gasteiger partial charge in [0.1, 0.15) is 13.2 Å². The third-order valence-corrected chi connectivity index (χ3v) is 7.80. The van der Waals surface area contributed by atoms with Gasteiger partial charge in [-0.05, 0) is 88.9 Å². The zero-order valence-electron chi connectivity index (χ0n) is 20.5. The fourth-order valence-electron chi connectivity index (χ4n) is 4.15. The van der Waals surface area contributed by atoms with Crippen molar-refractivity contribution in [2.24, 2.45) is 0 Å². The normalized spacial score (nSPS) is 17.3. The van der Waals surface area contributed by atoms with E-state index < -0.39 is 11.1 Å². The minimum atomic E-state index is -0.463. The quantitative estimate of drug-likeness (QED) is 0.318. The summed E-state index contributed by atoms with van der Waals surface area (Å²) in [5, 5.41) is 0.214. The molecule has 2 aliphatic heterocycles. The average molecular weight is 608 g/mol. The van der Waals surface area contributed by atoms with Crippen LogP contribution in [0.4, 0.5) is 4.79 Å². The molecule has 2 aliphatic rings. The van der Waals surface area contributed by atoms with Gasteiger partial charge in [-0.15, -0.1) is 0 Å². The van der Waals surface area contributed by atoms with Crippen LogP contribution in [-0.2, 0) is 16.2 Å². The predicted molar refractivity (Wildman–Crippen MR) is 149 cm³/mol. The number of thioether (sulfide) groups is 1. The Hall–Kier alpha value is -2.49. The van der Waals surface area contributed by atoms with Crippen LogP contribution >= 0.6 is 39.3 Å². The summed E-state index contributed by atoms with van der Waals surface area (Å²) in [4.78, 5) is 41.4. The summed E-state index contributed by atoms with van der Waals surface area (Å²) in [5.41, 5.74) is 1.62. The number of nitrogens with zero attached hydrogens (tertiary/aromatic N) is 2. The number of halogens is 2. The minimum Gasteiger partial charge on any atom is -0.490 e. The molecule has 2 aromatic rings. The highest BCUT2D eigenvalue weighted by molar-refractivity contribution is 9.10. The van der Waals surface area contributed by atoms with E-state index >= 15 is 0 Å². The summed E-state index contributed by atoms with van der Waals surface area (Å²) in [6.07, 6.45) is 5.72. The van der Waals surface area contributed by atoms with E-state index in [2.05, 4.69) is 15.9 Å². The maximum Gasteiger partial charge on any atom is 0.294 e. The lowest BCUT2D eigenvalue weighted by molar-refractivity contribution is -0.135. The van der Waals surface area contributed by atoms with Crippen molar-refractivity contribution < 1.29 is 23.9 Å². The van der Waals surface area contributed by atoms with Gasteiger partial charge in [0.05, 0.1) is 16.0 Å². The molecule has 0 aromatic heterocycles. The number of hydrogen-bond donors (Lipinski definition) is 0. The first kappa shape index (κ1) is 27.5. The highest BCUT2D eigenvalue weighted by Crippen LogP contribution is 2.39. The van der Waals surface area contributed by atoms with E-state index in [1.54, 1.807) is 35.2 Å². The Bertz CT molecular complexity index is 1200. The monoisotopic (exact) mass is 606 g/mol. The van der Waals surface area contributed by atoms with Gasteiger partial charge >= 0.3 is 0 Å². The van der Waals surface area contributed by atoms with E-state index in [1.165, 1.54) is 0 Å². The molecular weight excluding hydrogens is 580 g/mol. The van der Waals surface area contributed by atoms with Crippen LogP contribution in [0.5, 0.6) is 11.5 Å². The number of ether oxygens (including phenoxy) is 2. The number of likely N-dealkylation sites (tertiary alicyclic amines) is 1. The molecule has 2 fully saturated rings. The van der Waals surface area contributed by atoms with Gasteiger partial charge in [-0.25, -0.2) is 0 Å². The molecule has 0 radical (unpaired) electrons. The van der Waals surface area contributed by atoms with Crippen LogP contribution < -0.4 is 9.47 Å². The standard InChI is InChI=1S/C27H28BrClN2O5S/c1-2-35-22-14-19(13-21(28)25(22)36-17-18-7-9-20(29)10-8-18)15-23-26(33)31(27(34)37-23)16-24(32)30-11-5-3-4-6-12-30/h7-10,13-15H,2-6,11-12,16-17H2,1H3. The summed E-state index contributed by atoms with van der Waals surface area (Å²) in [5.74, 6) is 0.391. The van der Waals surface area contributed by atoms with Gasteiger partial charge in [-0.1, -0.05) is 36.6 Å². The van der Waals surface area contributed by atoms with Crippen LogP contribution in [0.3, 0.4) is 0 Å². The van der Waals surface area contributed by atoms with Crippen LogP contribution in [0.2, 0.25) is 5.02 Å². The lowest BCUT2D eigenvalue weighted by Crippen LogP contribution is -2.42. The number of benzene rings is 2. The molecule has 196 valence electrons. The molecule has 2 aromatic carbocycles. The second-order valence-corrected chi connectivity index (χ2v) is 11.0. The summed E-state index contributed by atoms with van der Waals surface area (Å²) < 4.78 is 12.5. The zero-order valence-corrected chi connectivity index (χ0v) is 23.7. The maximum absolute atomic E-state index is 13.0. The molecule has 4 rings (SSSR count). The largest absolute Gasteiger partial charge is 0.490 e. The third kappa shape index (κ3) is 7.09. The molecule has 3 amide bonds. The van der Waals surface area contributed by atoms with Crippen LogP contribution in [0.25, 0.3) is 6.08 Å². The van der Waals surface area contributed by atoms with E-state index in [-0.39, 0.29) is 17.4 Å². The van der Waals surface area contributed by atoms with Gasteiger partial charge in [0.15, 0.2) is 11.5 Å². The van der Waals surface area contributed by atoms with Crippen molar-refractivity contribution in [3.8, 4) is 11.5 Å². The molecular formula is C27H28BrClN2O5S. The molecule has 0 atom stereocenters. The SMILES string of the molecule is CCOc1cc(C=C2SC(=O)N(CC(=O)N3CCCCCC3)C2=O)cc(Br)c1OCc1ccc(Cl)cc1. The highest BCUT2D eigenvalue weighted by Gasteiger charge is 2.37. The van der Waals surface area contributed by atoms with Crippen LogP contribution in [0.1, 0.15) is 43.7 Å². The van der Waals surface area contributed by atoms with Gasteiger partial charge in [0.25, 0.3) is 11.1 Å². The molecule has 37 heavy (non-hydrogen) atoms. The number of amides is 3. The number of hydrogen-bond acceptors (Lipinski definition) is 6. The molecule has 0 spiro atoms. The number of carbonyl (C=O) groups is 3. The second-order valence-electron chi connectivity index (χ2n) is 8.74. The number of carbonyl (C=O) groups excluding carboxylic acids is 3. The summed E-state index contributed by atoms with van der Waals surface area (Å²) in [7, 11) is 0. The van der Waals surface area contributed by atoms with Crippen molar-refractivity contribution in [3.05, 3.63) is 61.9 Å². The van der Waals surface area contributed by atoms with Crippen LogP contribution in [-0.4, -0.2) is 53.1 Å². The maximum atomic E-state index is 13.0. The van der Waals surface area contributed by atoms with Crippen molar-refractivity contribution in [2.75, 3.05) is 26.2 Å². The molecule has 0 aliphatic carbocycles. The number of rotatable bonds is 8. The van der Waals surface area contributed by atoms with Crippen LogP contribution in [0.15, 0.2) is 45.8 Å². The third-order valence-electron chi connectivity index (χ3n) is 6.05. The molecule has 0 N–H and O–H groups in total. The fourth-order valence-corrected chi connectivity index (χ4v) is 5.69. The van der Waals surface area contributed by atoms with Gasteiger partial charge in [-0.3, -0.25) is 19.3 Å². The van der Waals surface area contributed by atoms with Crippen molar-refractivity contribution >= 4 is 62.4 Å². The Morgan fingerprint density at radius 3 is 2.46 bits per heavy atom. The van der Waals surface area contributed by atoms with Crippen LogP contribution in [0, 0.1) is 0 Å². The van der Waals surface area contributed by atoms with Crippen molar-refractivity contribution in [1.82, 2.24) is 9.80 Å². The molecule has 0 unspecified atom stereocenters. The first-order valence-corrected chi connectivity index (χ1v) is 14.2. The lowest BCUT2D eigenvalue weighted by Gasteiger charge is -2.22. The second kappa shape index (κ2) is 12.8. The van der Waals surface area contributed by atoms with Gasteiger partial charge in [0, 0.05) is 18.1 Å². The summed E-state index contributed by atoms with van der Waals surface area (Å²) in [6.45, 7) is 3.72. The molecule has 2 saturated heterocycles. The first-order chi connectivity index (χ1) is 17.9. The lowest BCUT2D eigenvalue weighted by atomic mass is 10.1. The smallest absolute Gasteiger partial charge is 0.294 e. The van der Waals surface area contributed by atoms with E-state index in [1.807, 2.05) is 19.1 Å². The Morgan fingerprint density at radius 2 is 1.78 bits per heavy atom. The molecule has 2 heterocycles. The predicted octanol–water partition coefficient (Wildman–Crippen LogP) is 6.52. The van der Waals surface area contributed by atoms with Crippen molar-refractivity contribution in [2.45, 2.75) is 39.2 Å². The van der Waals surface area contributed by atoms with Gasteiger partial charge in [-0.2, -0.15) is 0 Å². The zero-order chi connectivity index (χ0) is 26.4. The number of imide groups is 1. The Labute approximate surface area is 234 Å². The summed E-state index contributed by atoms with van der Waals surface area (Å²) in [6, 6.07) is 10.9. The van der Waals surface area contributed by atoms with Crippen molar-refractivity contribution in [3.63, 3.8) is 0 Å². The van der Waals surface area contributed by atoms with Crippen molar-refractivity contribution in [1.29, 1.82) is 0 Å². The molecule has 10 heteroatoms. The molecule has 7 nitrogen and oxygen atoms in total. The summed E-state index contributed by atoms with van der Waals surface area (Å²) >= 11 is 10.3. The van der Waals surface area contributed by atoms with E-state index in [0.29, 0.717) is 52.9 Å². The van der Waals surface area contributed by atoms with Gasteiger partial charge < -0.3 is 14.4 Å². The Morgan fingerprint density at radius 1 is 1.08 bits per heavy atom. The topological polar surface area (TPSA) is 76.2 Å². The van der Waals surface area contributed by atoms with E-state index in [4.69, 9.17) is 21.1 Å². The van der Waals surface area contributed by atoms with E-state index in [9.17, 15) is 14.4 Å². The fraction of sp³-hybridized carbons (Fsp3) is 0.370. The van der Waals surface area contributed by atoms with Gasteiger partial charge in [0.2, 0.25) is 5.91 Å². The first-order valence-electron chi connectivity index (χ1n) is 12.2. The van der Waals surface area contributed by atoms with E-state index in [0.717, 1.165) is 47.9 Å². The Balaban J connectivity index is 1.49. The molecule has 0 bridgehead atoms. The Kier molecular flexibility index (Phi) is 9.56. The highest BCUT2D eigenvalue weighted by atomic mass is 79.9. The molecule has 0 saturated carbocycles. The minimum absolute atomic E-state index is 0.186. The average Bonchev–Trinajstić information content (AvgIpc) is 3.05.